The summed E-state index contributed by atoms with van der Waals surface area (Å²) in [5.41, 5.74) is 3.39. The molecule has 48 heavy (non-hydrogen) atoms. The number of fused-ring (bicyclic) bond motifs is 4. The van der Waals surface area contributed by atoms with Gasteiger partial charge in [-0.3, -0.25) is 4.98 Å². The summed E-state index contributed by atoms with van der Waals surface area (Å²) < 4.78 is 22.9. The Bertz CT molecular complexity index is 1940. The first-order valence-electron chi connectivity index (χ1n) is 15.2. The van der Waals surface area contributed by atoms with Crippen LogP contribution in [-0.2, 0) is 0 Å². The van der Waals surface area contributed by atoms with Crippen LogP contribution in [0, 0.1) is 27.7 Å². The highest BCUT2D eigenvalue weighted by molar-refractivity contribution is 7.19. The van der Waals surface area contributed by atoms with Crippen molar-refractivity contribution in [2.45, 2.75) is 27.7 Å². The molecule has 0 atom stereocenters. The van der Waals surface area contributed by atoms with Gasteiger partial charge in [-0.1, -0.05) is 0 Å². The molecule has 0 fully saturated rings. The van der Waals surface area contributed by atoms with Crippen molar-refractivity contribution in [2.24, 2.45) is 0 Å². The minimum Gasteiger partial charge on any atom is -0.497 e. The van der Waals surface area contributed by atoms with Crippen molar-refractivity contribution in [1.82, 2.24) is 15.0 Å². The Morgan fingerprint density at radius 1 is 0.542 bits per heavy atom. The van der Waals surface area contributed by atoms with Crippen LogP contribution in [0.15, 0.2) is 85.1 Å². The molecular weight excluding hydrogens is 659 g/mol. The van der Waals surface area contributed by atoms with E-state index in [0.717, 1.165) is 33.1 Å². The molecule has 1 N–H and O–H groups in total. The molecule has 0 bridgehead atoms. The Labute approximate surface area is 292 Å². The van der Waals surface area contributed by atoms with Gasteiger partial charge in [-0.2, -0.15) is 0 Å². The third kappa shape index (κ3) is 8.83. The summed E-state index contributed by atoms with van der Waals surface area (Å²) in [7, 11) is 6.67. The zero-order valence-corrected chi connectivity index (χ0v) is 30.8. The molecule has 0 aliphatic heterocycles. The van der Waals surface area contributed by atoms with Crippen molar-refractivity contribution < 1.29 is 18.9 Å². The first-order chi connectivity index (χ1) is 23.2. The van der Waals surface area contributed by atoms with Gasteiger partial charge in [0.05, 0.1) is 44.9 Å². The quantitative estimate of drug-likeness (QED) is 0.197. The Balaban J connectivity index is 0.000000125. The van der Waals surface area contributed by atoms with Crippen molar-refractivity contribution in [1.29, 1.82) is 0 Å². The highest BCUT2D eigenvalue weighted by Crippen LogP contribution is 2.29. The van der Waals surface area contributed by atoms with Crippen LogP contribution in [0.4, 0.5) is 0 Å². The van der Waals surface area contributed by atoms with E-state index in [1.165, 1.54) is 45.9 Å². The maximum absolute atomic E-state index is 5.14. The van der Waals surface area contributed by atoms with Crippen LogP contribution in [-0.4, -0.2) is 43.4 Å². The second kappa shape index (κ2) is 16.0. The van der Waals surface area contributed by atoms with E-state index in [0.29, 0.717) is 5.88 Å². The molecule has 10 heteroatoms. The number of nitrogens with zero attached hydrogens (tertiary/aromatic N) is 2. The number of methoxy groups -OCH3 is 4. The van der Waals surface area contributed by atoms with Crippen molar-refractivity contribution in [3.05, 3.63) is 105 Å². The predicted molar refractivity (Wildman–Crippen MR) is 205 cm³/mol. The molecule has 6 heterocycles. The number of benzene rings is 2. The largest absolute Gasteiger partial charge is 0.497 e. The van der Waals surface area contributed by atoms with E-state index in [4.69, 9.17) is 18.9 Å². The van der Waals surface area contributed by atoms with Gasteiger partial charge in [-0.25, -0.2) is 4.98 Å². The maximum Gasteiger partial charge on any atom is 0.214 e. The van der Waals surface area contributed by atoms with Gasteiger partial charge in [0.25, 0.3) is 0 Å². The van der Waals surface area contributed by atoms with E-state index in [2.05, 4.69) is 72.1 Å². The number of rotatable bonds is 4. The highest BCUT2D eigenvalue weighted by atomic mass is 32.1. The number of nitrogens with one attached hydrogen (secondary N) is 1. The molecule has 6 aromatic heterocycles. The number of aryl methyl sites for hydroxylation is 4. The van der Waals surface area contributed by atoms with E-state index in [1.54, 1.807) is 57.3 Å². The third-order valence-corrected chi connectivity index (χ3v) is 10.2. The van der Waals surface area contributed by atoms with Crippen LogP contribution in [0.3, 0.4) is 0 Å². The molecule has 0 aliphatic rings. The Morgan fingerprint density at radius 2 is 1.19 bits per heavy atom. The first kappa shape index (κ1) is 34.7. The van der Waals surface area contributed by atoms with Gasteiger partial charge in [0.15, 0.2) is 0 Å². The zero-order valence-electron chi connectivity index (χ0n) is 28.3. The zero-order chi connectivity index (χ0) is 34.2. The smallest absolute Gasteiger partial charge is 0.214 e. The van der Waals surface area contributed by atoms with Gasteiger partial charge >= 0.3 is 0 Å². The predicted octanol–water partition coefficient (Wildman–Crippen LogP) is 10.9. The number of hydrogen-bond donors (Lipinski definition) is 1. The monoisotopic (exact) mass is 697 g/mol. The fraction of sp³-hybridized carbons (Fsp3) is 0.211. The van der Waals surface area contributed by atoms with Crippen molar-refractivity contribution in [3.8, 4) is 23.1 Å². The molecule has 0 saturated carbocycles. The molecule has 7 nitrogen and oxygen atoms in total. The van der Waals surface area contributed by atoms with Crippen molar-refractivity contribution in [3.63, 3.8) is 0 Å². The minimum atomic E-state index is 0.685. The Morgan fingerprint density at radius 3 is 1.92 bits per heavy atom. The van der Waals surface area contributed by atoms with Crippen LogP contribution in [0.1, 0.15) is 20.3 Å². The molecule has 0 unspecified atom stereocenters. The average molecular weight is 698 g/mol. The van der Waals surface area contributed by atoms with Crippen LogP contribution in [0.5, 0.6) is 23.1 Å². The van der Waals surface area contributed by atoms with Crippen LogP contribution in [0.2, 0.25) is 0 Å². The lowest BCUT2D eigenvalue weighted by atomic mass is 10.2. The lowest BCUT2D eigenvalue weighted by Crippen LogP contribution is -1.84. The molecule has 248 valence electrons. The summed E-state index contributed by atoms with van der Waals surface area (Å²) in [5, 5.41) is 3.67. The lowest BCUT2D eigenvalue weighted by Gasteiger charge is -1.97. The minimum absolute atomic E-state index is 0.685. The SMILES string of the molecule is COc1ccc2[nH]c(C)cc2c1.COc1ccc2cc(C)sc2n1.COc1ccc2sc(C)cc2c1.COc1cnc2cc(C)sc2c1. The van der Waals surface area contributed by atoms with Crippen molar-refractivity contribution >= 4 is 75.4 Å². The first-order valence-corrected chi connectivity index (χ1v) is 17.6. The van der Waals surface area contributed by atoms with Gasteiger partial charge in [-0.05, 0) is 99.8 Å². The molecule has 0 radical (unpaired) electrons. The molecule has 2 aromatic carbocycles. The van der Waals surface area contributed by atoms with Crippen LogP contribution in [0.25, 0.3) is 41.4 Å². The van der Waals surface area contributed by atoms with E-state index in [1.807, 2.05) is 60.7 Å². The van der Waals surface area contributed by atoms with Crippen molar-refractivity contribution in [2.75, 3.05) is 28.4 Å². The molecule has 8 aromatic rings. The summed E-state index contributed by atoms with van der Waals surface area (Å²) in [5.74, 6) is 3.34. The molecule has 0 amide bonds. The fourth-order valence-corrected chi connectivity index (χ4v) is 7.62. The van der Waals surface area contributed by atoms with E-state index >= 15 is 0 Å². The van der Waals surface area contributed by atoms with Gasteiger partial charge in [0.2, 0.25) is 5.88 Å². The molecular formula is C38H39N3O4S3. The van der Waals surface area contributed by atoms with Crippen LogP contribution < -0.4 is 18.9 Å². The number of hydrogen-bond acceptors (Lipinski definition) is 9. The summed E-state index contributed by atoms with van der Waals surface area (Å²) in [4.78, 5) is 16.8. The fourth-order valence-electron chi connectivity index (χ4n) is 4.94. The lowest BCUT2D eigenvalue weighted by molar-refractivity contribution is 0.400. The molecule has 8 rings (SSSR count). The molecule has 0 saturated heterocycles. The maximum atomic E-state index is 5.14. The van der Waals surface area contributed by atoms with E-state index in [-0.39, 0.29) is 0 Å². The van der Waals surface area contributed by atoms with Crippen LogP contribution >= 0.6 is 34.0 Å². The standard InChI is InChI=1S/C10H11NO.C10H10OS.2C9H9NOS/c1-7-5-8-6-9(12-2)3-4-10(8)11-7;1-7-5-8-6-9(11-2)3-4-10(8)12-7;1-6-3-8-9(12-6)4-7(11-2)5-10-8;1-6-5-7-3-4-8(11-2)10-9(7)12-6/h3-6,11H,1-2H3;3-6H,1-2H3;2*3-5H,1-2H3. The average Bonchev–Trinajstić information content (AvgIpc) is 3.86. The highest BCUT2D eigenvalue weighted by Gasteiger charge is 2.02. The second-order valence-electron chi connectivity index (χ2n) is 10.9. The number of ether oxygens (including phenoxy) is 4. The topological polar surface area (TPSA) is 78.5 Å². The van der Waals surface area contributed by atoms with E-state index in [9.17, 15) is 0 Å². The number of aromatic nitrogens is 3. The third-order valence-electron chi connectivity index (χ3n) is 7.20. The number of aromatic amines is 1. The van der Waals surface area contributed by atoms with Gasteiger partial charge in [0.1, 0.15) is 22.1 Å². The number of thiophene rings is 3. The summed E-state index contributed by atoms with van der Waals surface area (Å²) in [6, 6.07) is 26.6. The summed E-state index contributed by atoms with van der Waals surface area (Å²) in [6.07, 6.45) is 1.74. The number of H-pyrrole nitrogens is 1. The summed E-state index contributed by atoms with van der Waals surface area (Å²) in [6.45, 7) is 8.33. The molecule has 0 spiro atoms. The summed E-state index contributed by atoms with van der Waals surface area (Å²) >= 11 is 5.25. The Kier molecular flexibility index (Phi) is 11.5. The number of pyridine rings is 2. The van der Waals surface area contributed by atoms with Gasteiger partial charge < -0.3 is 23.9 Å². The molecule has 0 aliphatic carbocycles. The van der Waals surface area contributed by atoms with Gasteiger partial charge in [-0.15, -0.1) is 34.0 Å². The van der Waals surface area contributed by atoms with Gasteiger partial charge in [0, 0.05) is 53.4 Å². The Hall–Kier alpha value is -4.64. The normalized spacial score (nSPS) is 10.5. The van der Waals surface area contributed by atoms with E-state index < -0.39 is 0 Å². The second-order valence-corrected chi connectivity index (χ2v) is 14.7.